The van der Waals surface area contributed by atoms with Crippen molar-refractivity contribution in [3.8, 4) is 11.4 Å². The van der Waals surface area contributed by atoms with E-state index in [-0.39, 0.29) is 6.10 Å². The Bertz CT molecular complexity index is 490. The molecular weight excluding hydrogens is 226 g/mol. The van der Waals surface area contributed by atoms with Crippen molar-refractivity contribution in [1.82, 2.24) is 15.1 Å². The third kappa shape index (κ3) is 2.38. The molecule has 94 valence electrons. The van der Waals surface area contributed by atoms with Gasteiger partial charge in [-0.1, -0.05) is 12.1 Å². The van der Waals surface area contributed by atoms with E-state index in [1.165, 1.54) is 6.42 Å². The van der Waals surface area contributed by atoms with Crippen molar-refractivity contribution in [1.29, 1.82) is 0 Å². The lowest BCUT2D eigenvalue weighted by Gasteiger charge is -2.25. The summed E-state index contributed by atoms with van der Waals surface area (Å²) >= 11 is 0. The summed E-state index contributed by atoms with van der Waals surface area (Å²) in [5.41, 5.74) is 0.994. The van der Waals surface area contributed by atoms with Crippen LogP contribution in [0.4, 0.5) is 0 Å². The van der Waals surface area contributed by atoms with Crippen LogP contribution in [-0.2, 0) is 0 Å². The maximum absolute atomic E-state index is 6.09. The predicted octanol–water partition coefficient (Wildman–Crippen LogP) is 2.00. The lowest BCUT2D eigenvalue weighted by atomic mass is 10.1. The molecule has 1 aromatic heterocycles. The molecule has 18 heavy (non-hydrogen) atoms. The number of ether oxygens (including phenoxy) is 1. The van der Waals surface area contributed by atoms with Crippen LogP contribution in [0.5, 0.6) is 5.75 Å². The number of rotatable bonds is 3. The highest BCUT2D eigenvalue weighted by atomic mass is 16.5. The second-order valence-corrected chi connectivity index (χ2v) is 4.50. The molecule has 4 heteroatoms. The highest BCUT2D eigenvalue weighted by Gasteiger charge is 2.16. The Hall–Kier alpha value is -1.81. The average molecular weight is 243 g/mol. The number of hydrogen-bond acceptors (Lipinski definition) is 3. The molecule has 1 aliphatic rings. The smallest absolute Gasteiger partial charge is 0.145 e. The summed E-state index contributed by atoms with van der Waals surface area (Å²) in [4.78, 5) is 0. The van der Waals surface area contributed by atoms with Crippen LogP contribution in [0.25, 0.3) is 5.69 Å². The summed E-state index contributed by atoms with van der Waals surface area (Å²) in [5, 5.41) is 7.62. The lowest BCUT2D eigenvalue weighted by Crippen LogP contribution is -2.37. The SMILES string of the molecule is c1ccc(-n2cccn2)c(OC2CCCNC2)c1. The van der Waals surface area contributed by atoms with Crippen LogP contribution in [0.1, 0.15) is 12.8 Å². The highest BCUT2D eigenvalue weighted by molar-refractivity contribution is 5.45. The molecule has 2 heterocycles. The number of nitrogens with zero attached hydrogens (tertiary/aromatic N) is 2. The van der Waals surface area contributed by atoms with E-state index in [1.54, 1.807) is 6.20 Å². The van der Waals surface area contributed by atoms with Crippen molar-refractivity contribution >= 4 is 0 Å². The van der Waals surface area contributed by atoms with Crippen LogP contribution >= 0.6 is 0 Å². The van der Waals surface area contributed by atoms with E-state index >= 15 is 0 Å². The van der Waals surface area contributed by atoms with Crippen molar-refractivity contribution in [3.63, 3.8) is 0 Å². The number of benzene rings is 1. The molecule has 0 radical (unpaired) electrons. The van der Waals surface area contributed by atoms with Gasteiger partial charge in [-0.3, -0.25) is 0 Å². The molecule has 0 spiro atoms. The Kier molecular flexibility index (Phi) is 3.28. The topological polar surface area (TPSA) is 39.1 Å². The first-order valence-corrected chi connectivity index (χ1v) is 6.40. The van der Waals surface area contributed by atoms with Crippen molar-refractivity contribution in [3.05, 3.63) is 42.7 Å². The molecule has 2 aromatic rings. The molecule has 0 bridgehead atoms. The summed E-state index contributed by atoms with van der Waals surface area (Å²) in [7, 11) is 0. The summed E-state index contributed by atoms with van der Waals surface area (Å²) in [6, 6.07) is 9.95. The van der Waals surface area contributed by atoms with Gasteiger partial charge in [-0.2, -0.15) is 5.10 Å². The minimum absolute atomic E-state index is 0.260. The van der Waals surface area contributed by atoms with Crippen LogP contribution in [-0.4, -0.2) is 29.0 Å². The van der Waals surface area contributed by atoms with Crippen LogP contribution in [0.15, 0.2) is 42.7 Å². The number of aromatic nitrogens is 2. The first-order valence-electron chi connectivity index (χ1n) is 6.40. The van der Waals surface area contributed by atoms with Crippen LogP contribution < -0.4 is 10.1 Å². The number of piperidine rings is 1. The van der Waals surface area contributed by atoms with E-state index in [9.17, 15) is 0 Å². The van der Waals surface area contributed by atoms with E-state index in [0.717, 1.165) is 30.9 Å². The summed E-state index contributed by atoms with van der Waals surface area (Å²) in [6.45, 7) is 2.02. The van der Waals surface area contributed by atoms with E-state index in [0.29, 0.717) is 0 Å². The van der Waals surface area contributed by atoms with Crippen molar-refractivity contribution < 1.29 is 4.74 Å². The zero-order chi connectivity index (χ0) is 12.2. The Labute approximate surface area is 107 Å². The van der Waals surface area contributed by atoms with E-state index in [2.05, 4.69) is 10.4 Å². The van der Waals surface area contributed by atoms with Gasteiger partial charge in [0.15, 0.2) is 0 Å². The molecule has 1 aliphatic heterocycles. The molecule has 1 N–H and O–H groups in total. The second kappa shape index (κ2) is 5.23. The van der Waals surface area contributed by atoms with Crippen LogP contribution in [0.3, 0.4) is 0 Å². The minimum Gasteiger partial charge on any atom is -0.487 e. The van der Waals surface area contributed by atoms with Gasteiger partial charge < -0.3 is 10.1 Å². The Balaban J connectivity index is 1.83. The van der Waals surface area contributed by atoms with Gasteiger partial charge in [0, 0.05) is 18.9 Å². The van der Waals surface area contributed by atoms with E-state index in [4.69, 9.17) is 4.74 Å². The first kappa shape index (κ1) is 11.3. The number of hydrogen-bond donors (Lipinski definition) is 1. The standard InChI is InChI=1S/C14H17N3O/c1-2-7-14(18-12-5-3-8-15-11-12)13(6-1)17-10-4-9-16-17/h1-2,4,6-7,9-10,12,15H,3,5,8,11H2. The molecule has 1 saturated heterocycles. The third-order valence-electron chi connectivity index (χ3n) is 3.16. The van der Waals surface area contributed by atoms with E-state index in [1.807, 2.05) is 41.2 Å². The number of para-hydroxylation sites is 2. The van der Waals surface area contributed by atoms with Gasteiger partial charge in [0.1, 0.15) is 17.5 Å². The quantitative estimate of drug-likeness (QED) is 0.896. The van der Waals surface area contributed by atoms with Crippen LogP contribution in [0.2, 0.25) is 0 Å². The summed E-state index contributed by atoms with van der Waals surface area (Å²) in [5.74, 6) is 0.898. The molecule has 0 saturated carbocycles. The molecule has 4 nitrogen and oxygen atoms in total. The fourth-order valence-electron chi connectivity index (χ4n) is 2.26. The normalized spacial score (nSPS) is 19.7. The van der Waals surface area contributed by atoms with Gasteiger partial charge in [-0.15, -0.1) is 0 Å². The predicted molar refractivity (Wildman–Crippen MR) is 70.1 cm³/mol. The third-order valence-corrected chi connectivity index (χ3v) is 3.16. The molecule has 1 unspecified atom stereocenters. The van der Waals surface area contributed by atoms with Gasteiger partial charge in [0.25, 0.3) is 0 Å². The molecule has 1 fully saturated rings. The highest BCUT2D eigenvalue weighted by Crippen LogP contribution is 2.24. The number of nitrogens with one attached hydrogen (secondary N) is 1. The van der Waals surface area contributed by atoms with E-state index < -0.39 is 0 Å². The van der Waals surface area contributed by atoms with Crippen molar-refractivity contribution in [2.24, 2.45) is 0 Å². The van der Waals surface area contributed by atoms with Gasteiger partial charge in [-0.05, 0) is 37.6 Å². The second-order valence-electron chi connectivity index (χ2n) is 4.50. The van der Waals surface area contributed by atoms with Crippen molar-refractivity contribution in [2.75, 3.05) is 13.1 Å². The van der Waals surface area contributed by atoms with Crippen LogP contribution in [0, 0.1) is 0 Å². The summed E-state index contributed by atoms with van der Waals surface area (Å²) < 4.78 is 7.93. The Morgan fingerprint density at radius 2 is 2.22 bits per heavy atom. The zero-order valence-electron chi connectivity index (χ0n) is 10.2. The molecule has 1 aromatic carbocycles. The van der Waals surface area contributed by atoms with Gasteiger partial charge in [0.2, 0.25) is 0 Å². The van der Waals surface area contributed by atoms with Crippen molar-refractivity contribution in [2.45, 2.75) is 18.9 Å². The Morgan fingerprint density at radius 3 is 3.00 bits per heavy atom. The molecule has 3 rings (SSSR count). The largest absolute Gasteiger partial charge is 0.487 e. The maximum atomic E-state index is 6.09. The summed E-state index contributed by atoms with van der Waals surface area (Å²) in [6.07, 6.45) is 6.26. The minimum atomic E-state index is 0.260. The first-order chi connectivity index (χ1) is 8.93. The van der Waals surface area contributed by atoms with Gasteiger partial charge in [-0.25, -0.2) is 4.68 Å². The fraction of sp³-hybridized carbons (Fsp3) is 0.357. The lowest BCUT2D eigenvalue weighted by molar-refractivity contribution is 0.166. The zero-order valence-corrected chi connectivity index (χ0v) is 10.2. The molecule has 0 aliphatic carbocycles. The maximum Gasteiger partial charge on any atom is 0.145 e. The molecule has 0 amide bonds. The molecular formula is C14H17N3O. The average Bonchev–Trinajstić information content (AvgIpc) is 2.94. The fourth-order valence-corrected chi connectivity index (χ4v) is 2.26. The molecule has 1 atom stereocenters. The Morgan fingerprint density at radius 1 is 1.28 bits per heavy atom. The monoisotopic (exact) mass is 243 g/mol. The van der Waals surface area contributed by atoms with Gasteiger partial charge in [0.05, 0.1) is 0 Å². The van der Waals surface area contributed by atoms with Gasteiger partial charge >= 0.3 is 0 Å².